The van der Waals surface area contributed by atoms with E-state index < -0.39 is 12.3 Å². The van der Waals surface area contributed by atoms with Gasteiger partial charge in [0, 0.05) is 17.5 Å². The maximum Gasteiger partial charge on any atom is 0.303 e. The van der Waals surface area contributed by atoms with Crippen LogP contribution in [0.4, 0.5) is 4.39 Å². The second-order valence-corrected chi connectivity index (χ2v) is 9.53. The van der Waals surface area contributed by atoms with Gasteiger partial charge in [0.15, 0.2) is 6.29 Å². The van der Waals surface area contributed by atoms with Gasteiger partial charge in [0.25, 0.3) is 0 Å². The van der Waals surface area contributed by atoms with Gasteiger partial charge in [-0.3, -0.25) is 4.79 Å². The van der Waals surface area contributed by atoms with Crippen LogP contribution in [0.5, 0.6) is 17.2 Å². The van der Waals surface area contributed by atoms with Crippen LogP contribution in [0.15, 0.2) is 60.7 Å². The van der Waals surface area contributed by atoms with E-state index in [4.69, 9.17) is 18.9 Å². The van der Waals surface area contributed by atoms with Crippen LogP contribution in [-0.2, 0) is 16.1 Å². The van der Waals surface area contributed by atoms with Crippen LogP contribution in [0.1, 0.15) is 62.5 Å². The molecule has 0 saturated carbocycles. The van der Waals surface area contributed by atoms with E-state index in [-0.39, 0.29) is 24.8 Å². The van der Waals surface area contributed by atoms with Crippen molar-refractivity contribution in [3.8, 4) is 28.4 Å². The quantitative estimate of drug-likeness (QED) is 0.268. The summed E-state index contributed by atoms with van der Waals surface area (Å²) in [6, 6.07) is 17.8. The Morgan fingerprint density at radius 1 is 1.08 bits per heavy atom. The Morgan fingerprint density at radius 2 is 1.95 bits per heavy atom. The third-order valence-electron chi connectivity index (χ3n) is 6.70. The lowest BCUT2D eigenvalue weighted by Crippen LogP contribution is -2.25. The SMILES string of the molecule is CCC[C@@H](CC(=O)O)c1cccc(OCc2ccc(-c3cc(OC)ccc3F)c(OC3CCCCO3)c2)c1. The highest BCUT2D eigenvalue weighted by molar-refractivity contribution is 5.73. The van der Waals surface area contributed by atoms with Gasteiger partial charge in [-0.2, -0.15) is 0 Å². The van der Waals surface area contributed by atoms with Crippen molar-refractivity contribution in [3.05, 3.63) is 77.6 Å². The molecule has 7 heteroatoms. The van der Waals surface area contributed by atoms with Crippen molar-refractivity contribution in [1.82, 2.24) is 0 Å². The zero-order chi connectivity index (χ0) is 26.9. The van der Waals surface area contributed by atoms with E-state index >= 15 is 0 Å². The summed E-state index contributed by atoms with van der Waals surface area (Å²) in [5, 5.41) is 9.31. The lowest BCUT2D eigenvalue weighted by molar-refractivity contribution is -0.137. The molecule has 0 amide bonds. The van der Waals surface area contributed by atoms with Crippen LogP contribution in [0, 0.1) is 5.82 Å². The third-order valence-corrected chi connectivity index (χ3v) is 6.70. The number of halogens is 1. The Balaban J connectivity index is 1.57. The van der Waals surface area contributed by atoms with Crippen LogP contribution in [0.2, 0.25) is 0 Å². The number of rotatable bonds is 12. The maximum atomic E-state index is 14.9. The number of hydrogen-bond acceptors (Lipinski definition) is 5. The molecule has 3 aromatic rings. The molecule has 1 unspecified atom stereocenters. The second kappa shape index (κ2) is 13.3. The molecule has 202 valence electrons. The second-order valence-electron chi connectivity index (χ2n) is 9.53. The topological polar surface area (TPSA) is 74.2 Å². The number of carboxylic acid groups (broad SMARTS) is 1. The van der Waals surface area contributed by atoms with E-state index in [0.717, 1.165) is 43.2 Å². The molecule has 0 aromatic heterocycles. The molecule has 6 nitrogen and oxygen atoms in total. The summed E-state index contributed by atoms with van der Waals surface area (Å²) in [6.07, 6.45) is 4.16. The van der Waals surface area contributed by atoms with Gasteiger partial charge in [0.2, 0.25) is 0 Å². The van der Waals surface area contributed by atoms with Gasteiger partial charge in [0.05, 0.1) is 20.1 Å². The summed E-state index contributed by atoms with van der Waals surface area (Å²) in [5.74, 6) is 0.491. The molecule has 0 radical (unpaired) electrons. The average Bonchev–Trinajstić information content (AvgIpc) is 2.93. The fourth-order valence-electron chi connectivity index (χ4n) is 4.73. The fraction of sp³-hybridized carbons (Fsp3) is 0.387. The standard InChI is InChI=1S/C31H35FO6/c1-3-7-22(18-30(33)34)23-8-6-9-25(17-23)37-20-21-11-13-26(27-19-24(35-2)12-14-28(27)32)29(16-21)38-31-10-4-5-15-36-31/h6,8-9,11-14,16-17,19,22,31H,3-5,7,10,15,18,20H2,1-2H3,(H,33,34)/t22-,31?/m0/s1. The highest BCUT2D eigenvalue weighted by Crippen LogP contribution is 2.37. The van der Waals surface area contributed by atoms with E-state index in [1.807, 2.05) is 49.4 Å². The monoisotopic (exact) mass is 522 g/mol. The summed E-state index contributed by atoms with van der Waals surface area (Å²) >= 11 is 0. The average molecular weight is 523 g/mol. The van der Waals surface area contributed by atoms with Crippen LogP contribution in [-0.4, -0.2) is 31.1 Å². The molecule has 2 atom stereocenters. The first-order valence-electron chi connectivity index (χ1n) is 13.2. The third kappa shape index (κ3) is 7.25. The van der Waals surface area contributed by atoms with Gasteiger partial charge in [-0.15, -0.1) is 0 Å². The number of benzene rings is 3. The minimum Gasteiger partial charge on any atom is -0.497 e. The van der Waals surface area contributed by atoms with Crippen molar-refractivity contribution in [1.29, 1.82) is 0 Å². The van der Waals surface area contributed by atoms with Crippen molar-refractivity contribution in [2.75, 3.05) is 13.7 Å². The van der Waals surface area contributed by atoms with Gasteiger partial charge in [-0.1, -0.05) is 37.6 Å². The van der Waals surface area contributed by atoms with Gasteiger partial charge in [-0.25, -0.2) is 4.39 Å². The molecule has 1 aliphatic heterocycles. The number of aliphatic carboxylic acids is 1. The molecule has 0 spiro atoms. The van der Waals surface area contributed by atoms with Crippen molar-refractivity contribution in [2.24, 2.45) is 0 Å². The lowest BCUT2D eigenvalue weighted by Gasteiger charge is -2.25. The molecular weight excluding hydrogens is 487 g/mol. The smallest absolute Gasteiger partial charge is 0.303 e. The molecule has 1 fully saturated rings. The number of carbonyl (C=O) groups is 1. The molecule has 1 saturated heterocycles. The first-order valence-corrected chi connectivity index (χ1v) is 13.2. The Kier molecular flexibility index (Phi) is 9.60. The first kappa shape index (κ1) is 27.5. The Morgan fingerprint density at radius 3 is 2.68 bits per heavy atom. The molecule has 38 heavy (non-hydrogen) atoms. The van der Waals surface area contributed by atoms with E-state index in [1.54, 1.807) is 19.2 Å². The summed E-state index contributed by atoms with van der Waals surface area (Å²) in [7, 11) is 1.55. The van der Waals surface area contributed by atoms with Gasteiger partial charge < -0.3 is 24.1 Å². The van der Waals surface area contributed by atoms with E-state index in [1.165, 1.54) is 6.07 Å². The number of methoxy groups -OCH3 is 1. The number of ether oxygens (including phenoxy) is 4. The molecule has 1 N–H and O–H groups in total. The summed E-state index contributed by atoms with van der Waals surface area (Å²) in [4.78, 5) is 11.3. The zero-order valence-corrected chi connectivity index (χ0v) is 22.0. The van der Waals surface area contributed by atoms with Gasteiger partial charge in [-0.05, 0) is 72.7 Å². The Bertz CT molecular complexity index is 1220. The number of carboxylic acids is 1. The zero-order valence-electron chi connectivity index (χ0n) is 22.0. The highest BCUT2D eigenvalue weighted by atomic mass is 19.1. The molecule has 0 bridgehead atoms. The fourth-order valence-corrected chi connectivity index (χ4v) is 4.73. The summed E-state index contributed by atoms with van der Waals surface area (Å²) in [5.41, 5.74) is 2.80. The van der Waals surface area contributed by atoms with Crippen molar-refractivity contribution < 1.29 is 33.2 Å². The minimum absolute atomic E-state index is 0.0615. The lowest BCUT2D eigenvalue weighted by atomic mass is 9.91. The van der Waals surface area contributed by atoms with Crippen LogP contribution in [0.3, 0.4) is 0 Å². The summed E-state index contributed by atoms with van der Waals surface area (Å²) in [6.45, 7) is 2.95. The van der Waals surface area contributed by atoms with Crippen molar-refractivity contribution >= 4 is 5.97 Å². The summed E-state index contributed by atoms with van der Waals surface area (Å²) < 4.78 is 38.3. The first-order chi connectivity index (χ1) is 18.5. The van der Waals surface area contributed by atoms with Gasteiger partial charge in [0.1, 0.15) is 29.7 Å². The normalized spacial score (nSPS) is 16.0. The molecule has 1 heterocycles. The van der Waals surface area contributed by atoms with E-state index in [2.05, 4.69) is 0 Å². The highest BCUT2D eigenvalue weighted by Gasteiger charge is 2.20. The number of hydrogen-bond donors (Lipinski definition) is 1. The largest absolute Gasteiger partial charge is 0.497 e. The van der Waals surface area contributed by atoms with Crippen LogP contribution >= 0.6 is 0 Å². The van der Waals surface area contributed by atoms with Crippen molar-refractivity contribution in [3.63, 3.8) is 0 Å². The van der Waals surface area contributed by atoms with E-state index in [9.17, 15) is 14.3 Å². The van der Waals surface area contributed by atoms with Crippen molar-refractivity contribution in [2.45, 2.75) is 64.3 Å². The molecule has 3 aromatic carbocycles. The molecule has 4 rings (SSSR count). The Hall–Kier alpha value is -3.58. The predicted molar refractivity (Wildman–Crippen MR) is 143 cm³/mol. The maximum absolute atomic E-state index is 14.9. The molecule has 1 aliphatic rings. The molecular formula is C31H35FO6. The van der Waals surface area contributed by atoms with Crippen LogP contribution < -0.4 is 14.2 Å². The molecule has 0 aliphatic carbocycles. The van der Waals surface area contributed by atoms with Crippen LogP contribution in [0.25, 0.3) is 11.1 Å². The predicted octanol–water partition coefficient (Wildman–Crippen LogP) is 7.34. The van der Waals surface area contributed by atoms with Gasteiger partial charge >= 0.3 is 5.97 Å². The minimum atomic E-state index is -0.809. The Labute approximate surface area is 223 Å². The van der Waals surface area contributed by atoms with E-state index in [0.29, 0.717) is 35.0 Å².